The molecule has 0 aliphatic carbocycles. The zero-order valence-corrected chi connectivity index (χ0v) is 14.9. The minimum Gasteiger partial charge on any atom is -0.493 e. The second kappa shape index (κ2) is 9.90. The van der Waals surface area contributed by atoms with Gasteiger partial charge in [0.15, 0.2) is 11.5 Å². The number of nitriles is 1. The first kappa shape index (κ1) is 19.1. The zero-order chi connectivity index (χ0) is 18.8. The van der Waals surface area contributed by atoms with Crippen LogP contribution in [0.3, 0.4) is 0 Å². The molecule has 0 bridgehead atoms. The van der Waals surface area contributed by atoms with E-state index in [1.54, 1.807) is 36.4 Å². The molecule has 2 rings (SSSR count). The first-order chi connectivity index (χ1) is 12.7. The molecule has 5 heteroatoms. The van der Waals surface area contributed by atoms with Crippen LogP contribution in [0.15, 0.2) is 54.1 Å². The van der Waals surface area contributed by atoms with E-state index < -0.39 is 5.97 Å². The molecular weight excluding hydrogens is 330 g/mol. The molecule has 0 aliphatic rings. The molecule has 5 nitrogen and oxygen atoms in total. The van der Waals surface area contributed by atoms with Crippen LogP contribution in [-0.2, 0) is 4.79 Å². The minimum absolute atomic E-state index is 0.121. The van der Waals surface area contributed by atoms with E-state index in [9.17, 15) is 10.1 Å². The topological polar surface area (TPSA) is 68.5 Å². The number of carbonyl (C=O) groups excluding carboxylic acids is 1. The highest BCUT2D eigenvalue weighted by Crippen LogP contribution is 2.28. The molecule has 0 aliphatic heterocycles. The maximum absolute atomic E-state index is 12.4. The lowest BCUT2D eigenvalue weighted by Crippen LogP contribution is -2.11. The Balaban J connectivity index is 2.25. The molecule has 0 saturated carbocycles. The van der Waals surface area contributed by atoms with Gasteiger partial charge in [-0.2, -0.15) is 5.26 Å². The van der Waals surface area contributed by atoms with Crippen molar-refractivity contribution in [2.75, 3.05) is 13.2 Å². The highest BCUT2D eigenvalue weighted by molar-refractivity contribution is 5.99. The number of hydrogen-bond acceptors (Lipinski definition) is 5. The van der Waals surface area contributed by atoms with E-state index in [0.29, 0.717) is 30.3 Å². The Hall–Kier alpha value is -3.26. The van der Waals surface area contributed by atoms with Gasteiger partial charge in [0, 0.05) is 5.56 Å². The van der Waals surface area contributed by atoms with Crippen LogP contribution in [-0.4, -0.2) is 19.2 Å². The minimum atomic E-state index is -0.745. The summed E-state index contributed by atoms with van der Waals surface area (Å²) in [4.78, 5) is 12.4. The van der Waals surface area contributed by atoms with Gasteiger partial charge < -0.3 is 14.2 Å². The van der Waals surface area contributed by atoms with Gasteiger partial charge in [0.1, 0.15) is 17.4 Å². The normalized spacial score (nSPS) is 10.7. The van der Waals surface area contributed by atoms with Gasteiger partial charge in [-0.25, -0.2) is 4.79 Å². The Morgan fingerprint density at radius 2 is 1.65 bits per heavy atom. The van der Waals surface area contributed by atoms with E-state index >= 15 is 0 Å². The zero-order valence-electron chi connectivity index (χ0n) is 14.9. The van der Waals surface area contributed by atoms with E-state index in [1.807, 2.05) is 32.0 Å². The second-order valence-corrected chi connectivity index (χ2v) is 5.33. The Kier molecular flexibility index (Phi) is 7.26. The van der Waals surface area contributed by atoms with E-state index in [1.165, 1.54) is 6.08 Å². The number of para-hydroxylation sites is 3. The van der Waals surface area contributed by atoms with Crippen LogP contribution in [0.5, 0.6) is 17.2 Å². The summed E-state index contributed by atoms with van der Waals surface area (Å²) >= 11 is 0. The third-order valence-electron chi connectivity index (χ3n) is 3.37. The van der Waals surface area contributed by atoms with Gasteiger partial charge in [-0.15, -0.1) is 0 Å². The van der Waals surface area contributed by atoms with Gasteiger partial charge in [0.25, 0.3) is 0 Å². The Bertz CT molecular complexity index is 821. The summed E-state index contributed by atoms with van der Waals surface area (Å²) in [5, 5.41) is 9.38. The lowest BCUT2D eigenvalue weighted by molar-refractivity contribution is -0.129. The quantitative estimate of drug-likeness (QED) is 0.305. The predicted molar refractivity (Wildman–Crippen MR) is 99.1 cm³/mol. The fourth-order valence-electron chi connectivity index (χ4n) is 2.20. The monoisotopic (exact) mass is 351 g/mol. The van der Waals surface area contributed by atoms with Gasteiger partial charge in [-0.3, -0.25) is 0 Å². The average molecular weight is 351 g/mol. The molecule has 2 aromatic rings. The van der Waals surface area contributed by atoms with Crippen LogP contribution < -0.4 is 14.2 Å². The fourth-order valence-corrected chi connectivity index (χ4v) is 2.20. The van der Waals surface area contributed by atoms with Crippen molar-refractivity contribution in [3.8, 4) is 23.3 Å². The van der Waals surface area contributed by atoms with Crippen molar-refractivity contribution in [1.29, 1.82) is 5.26 Å². The molecule has 0 unspecified atom stereocenters. The number of rotatable bonds is 8. The first-order valence-corrected chi connectivity index (χ1v) is 8.47. The van der Waals surface area contributed by atoms with Crippen molar-refractivity contribution in [2.24, 2.45) is 0 Å². The van der Waals surface area contributed by atoms with Crippen LogP contribution in [0.25, 0.3) is 6.08 Å². The van der Waals surface area contributed by atoms with Crippen molar-refractivity contribution in [2.45, 2.75) is 20.3 Å². The first-order valence-electron chi connectivity index (χ1n) is 8.47. The highest BCUT2D eigenvalue weighted by Gasteiger charge is 2.16. The smallest absolute Gasteiger partial charge is 0.354 e. The summed E-state index contributed by atoms with van der Waals surface area (Å²) in [6, 6.07) is 16.0. The number of nitrogens with zero attached hydrogens (tertiary/aromatic N) is 1. The average Bonchev–Trinajstić information content (AvgIpc) is 2.66. The fraction of sp³-hybridized carbons (Fsp3) is 0.238. The number of carbonyl (C=O) groups is 1. The number of hydrogen-bond donors (Lipinski definition) is 0. The Morgan fingerprint density at radius 1 is 1.00 bits per heavy atom. The molecule has 0 spiro atoms. The molecule has 0 N–H and O–H groups in total. The van der Waals surface area contributed by atoms with Crippen molar-refractivity contribution in [1.82, 2.24) is 0 Å². The van der Waals surface area contributed by atoms with Crippen LogP contribution in [0.4, 0.5) is 0 Å². The van der Waals surface area contributed by atoms with Crippen LogP contribution >= 0.6 is 0 Å². The molecule has 0 atom stereocenters. The number of esters is 1. The van der Waals surface area contributed by atoms with Crippen molar-refractivity contribution < 1.29 is 19.0 Å². The van der Waals surface area contributed by atoms with Crippen molar-refractivity contribution in [3.63, 3.8) is 0 Å². The molecule has 0 aromatic heterocycles. The molecule has 2 aromatic carbocycles. The van der Waals surface area contributed by atoms with E-state index in [2.05, 4.69) is 0 Å². The number of benzene rings is 2. The molecule has 0 heterocycles. The predicted octanol–water partition coefficient (Wildman–Crippen LogP) is 4.39. The van der Waals surface area contributed by atoms with Crippen LogP contribution in [0.1, 0.15) is 25.8 Å². The standard InChI is InChI=1S/C21H21NO4/c1-3-13-25-18-10-6-5-9-16(18)14-17(15-22)21(23)26-20-12-8-7-11-19(20)24-4-2/h5-12,14H,3-4,13H2,1-2H3/b17-14+. The van der Waals surface area contributed by atoms with E-state index in [-0.39, 0.29) is 11.3 Å². The summed E-state index contributed by atoms with van der Waals surface area (Å²) in [6.45, 7) is 4.84. The lowest BCUT2D eigenvalue weighted by atomic mass is 10.1. The lowest BCUT2D eigenvalue weighted by Gasteiger charge is -2.10. The number of ether oxygens (including phenoxy) is 3. The van der Waals surface area contributed by atoms with Gasteiger partial charge in [-0.05, 0) is 37.6 Å². The molecule has 0 amide bonds. The molecule has 134 valence electrons. The van der Waals surface area contributed by atoms with Crippen LogP contribution in [0, 0.1) is 11.3 Å². The van der Waals surface area contributed by atoms with Crippen molar-refractivity contribution in [3.05, 3.63) is 59.7 Å². The van der Waals surface area contributed by atoms with E-state index in [4.69, 9.17) is 14.2 Å². The summed E-state index contributed by atoms with van der Waals surface area (Å²) in [6.07, 6.45) is 2.33. The molecular formula is C21H21NO4. The maximum Gasteiger partial charge on any atom is 0.354 e. The Labute approximate surface area is 153 Å². The van der Waals surface area contributed by atoms with E-state index in [0.717, 1.165) is 6.42 Å². The summed E-state index contributed by atoms with van der Waals surface area (Å²) in [5.41, 5.74) is 0.524. The van der Waals surface area contributed by atoms with Crippen molar-refractivity contribution >= 4 is 12.0 Å². The molecule has 0 saturated heterocycles. The van der Waals surface area contributed by atoms with Gasteiger partial charge in [0.05, 0.1) is 13.2 Å². The largest absolute Gasteiger partial charge is 0.493 e. The Morgan fingerprint density at radius 3 is 2.31 bits per heavy atom. The summed E-state index contributed by atoms with van der Waals surface area (Å²) < 4.78 is 16.4. The molecule has 26 heavy (non-hydrogen) atoms. The molecule has 0 fully saturated rings. The second-order valence-electron chi connectivity index (χ2n) is 5.33. The third kappa shape index (κ3) is 5.12. The molecule has 0 radical (unpaired) electrons. The highest BCUT2D eigenvalue weighted by atomic mass is 16.6. The van der Waals surface area contributed by atoms with Crippen LogP contribution in [0.2, 0.25) is 0 Å². The summed E-state index contributed by atoms with van der Waals surface area (Å²) in [7, 11) is 0. The van der Waals surface area contributed by atoms with Gasteiger partial charge >= 0.3 is 5.97 Å². The summed E-state index contributed by atoms with van der Waals surface area (Å²) in [5.74, 6) is 0.595. The SMILES string of the molecule is CCCOc1ccccc1/C=C(\C#N)C(=O)Oc1ccccc1OCC. The van der Waals surface area contributed by atoms with Gasteiger partial charge in [0.2, 0.25) is 0 Å². The third-order valence-corrected chi connectivity index (χ3v) is 3.37. The maximum atomic E-state index is 12.4. The van der Waals surface area contributed by atoms with Gasteiger partial charge in [-0.1, -0.05) is 37.3 Å².